The van der Waals surface area contributed by atoms with Crippen LogP contribution in [0.4, 0.5) is 0 Å². The van der Waals surface area contributed by atoms with Crippen LogP contribution in [0.15, 0.2) is 0 Å². The van der Waals surface area contributed by atoms with E-state index in [1.807, 2.05) is 0 Å². The highest BCUT2D eigenvalue weighted by molar-refractivity contribution is 5.78. The predicted octanol–water partition coefficient (Wildman–Crippen LogP) is 1.95. The molecule has 1 heterocycles. The minimum absolute atomic E-state index is 0.333. The van der Waals surface area contributed by atoms with Gasteiger partial charge in [-0.25, -0.2) is 0 Å². The lowest BCUT2D eigenvalue weighted by atomic mass is 9.95. The Bertz CT molecular complexity index is 313. The lowest BCUT2D eigenvalue weighted by molar-refractivity contribution is -0.144. The Kier molecular flexibility index (Phi) is 5.81. The maximum atomic E-state index is 11.4. The molecule has 1 aliphatic carbocycles. The number of hydrogen-bond donors (Lipinski definition) is 2. The zero-order valence-corrected chi connectivity index (χ0v) is 12.4. The minimum Gasteiger partial charge on any atom is -0.480 e. The predicted molar refractivity (Wildman–Crippen MR) is 75.8 cm³/mol. The van der Waals surface area contributed by atoms with E-state index < -0.39 is 11.5 Å². The van der Waals surface area contributed by atoms with Gasteiger partial charge in [0.2, 0.25) is 0 Å². The fourth-order valence-corrected chi connectivity index (χ4v) is 2.59. The van der Waals surface area contributed by atoms with E-state index >= 15 is 0 Å². The molecule has 2 N–H and O–H groups in total. The molecule has 1 saturated heterocycles. The third-order valence-electron chi connectivity index (χ3n) is 4.17. The maximum absolute atomic E-state index is 11.4. The number of unbranched alkanes of at least 4 members (excludes halogenated alkanes) is 1. The fourth-order valence-electron chi connectivity index (χ4n) is 2.59. The molecule has 116 valence electrons. The van der Waals surface area contributed by atoms with Gasteiger partial charge in [-0.3, -0.25) is 10.1 Å². The molecular formula is C15H27NO4. The molecule has 5 heteroatoms. The lowest BCUT2D eigenvalue weighted by Gasteiger charge is -2.27. The van der Waals surface area contributed by atoms with Crippen molar-refractivity contribution in [3.05, 3.63) is 0 Å². The molecule has 1 atom stereocenters. The molecule has 2 aliphatic rings. The first-order valence-electron chi connectivity index (χ1n) is 7.80. The summed E-state index contributed by atoms with van der Waals surface area (Å²) < 4.78 is 11.1. The highest BCUT2D eigenvalue weighted by Crippen LogP contribution is 2.25. The zero-order valence-electron chi connectivity index (χ0n) is 12.4. The summed E-state index contributed by atoms with van der Waals surface area (Å²) in [5.41, 5.74) is -0.778. The van der Waals surface area contributed by atoms with Crippen LogP contribution in [-0.2, 0) is 14.3 Å². The van der Waals surface area contributed by atoms with Crippen molar-refractivity contribution in [2.45, 2.75) is 69.6 Å². The highest BCUT2D eigenvalue weighted by Gasteiger charge is 2.37. The maximum Gasteiger partial charge on any atom is 0.323 e. The van der Waals surface area contributed by atoms with Gasteiger partial charge in [-0.05, 0) is 51.9 Å². The zero-order chi connectivity index (χ0) is 14.4. The van der Waals surface area contributed by atoms with Gasteiger partial charge in [0, 0.05) is 25.9 Å². The quantitative estimate of drug-likeness (QED) is 0.634. The van der Waals surface area contributed by atoms with Crippen LogP contribution in [0.5, 0.6) is 0 Å². The van der Waals surface area contributed by atoms with E-state index in [-0.39, 0.29) is 0 Å². The molecular weight excluding hydrogens is 258 g/mol. The Morgan fingerprint density at radius 3 is 2.60 bits per heavy atom. The molecule has 1 aliphatic heterocycles. The van der Waals surface area contributed by atoms with Crippen molar-refractivity contribution in [3.8, 4) is 0 Å². The van der Waals surface area contributed by atoms with E-state index in [1.165, 1.54) is 0 Å². The van der Waals surface area contributed by atoms with Crippen LogP contribution in [0, 0.1) is 0 Å². The van der Waals surface area contributed by atoms with Crippen molar-refractivity contribution < 1.29 is 19.4 Å². The highest BCUT2D eigenvalue weighted by atomic mass is 16.5. The van der Waals surface area contributed by atoms with Gasteiger partial charge < -0.3 is 14.6 Å². The van der Waals surface area contributed by atoms with E-state index in [4.69, 9.17) is 9.47 Å². The molecule has 5 nitrogen and oxygen atoms in total. The number of carboxylic acid groups (broad SMARTS) is 1. The second-order valence-electron chi connectivity index (χ2n) is 6.20. The van der Waals surface area contributed by atoms with E-state index in [2.05, 4.69) is 5.32 Å². The number of ether oxygens (including phenoxy) is 2. The molecule has 0 bridgehead atoms. The van der Waals surface area contributed by atoms with Crippen molar-refractivity contribution in [1.82, 2.24) is 5.32 Å². The first kappa shape index (κ1) is 15.7. The summed E-state index contributed by atoms with van der Waals surface area (Å²) in [4.78, 5) is 11.4. The Hall–Kier alpha value is -0.650. The first-order valence-corrected chi connectivity index (χ1v) is 7.80. The summed E-state index contributed by atoms with van der Waals surface area (Å²) >= 11 is 0. The molecule has 20 heavy (non-hydrogen) atoms. The van der Waals surface area contributed by atoms with E-state index in [0.29, 0.717) is 18.6 Å². The van der Waals surface area contributed by atoms with Crippen molar-refractivity contribution in [1.29, 1.82) is 0 Å². The number of hydrogen-bond acceptors (Lipinski definition) is 4. The van der Waals surface area contributed by atoms with Crippen molar-refractivity contribution >= 4 is 5.97 Å². The van der Waals surface area contributed by atoms with Gasteiger partial charge in [-0.15, -0.1) is 0 Å². The van der Waals surface area contributed by atoms with Crippen molar-refractivity contribution in [2.75, 3.05) is 19.8 Å². The summed E-state index contributed by atoms with van der Waals surface area (Å²) in [6.45, 7) is 4.12. The minimum atomic E-state index is -0.778. The molecule has 0 amide bonds. The van der Waals surface area contributed by atoms with Gasteiger partial charge in [0.05, 0.1) is 6.10 Å². The molecule has 0 aromatic rings. The van der Waals surface area contributed by atoms with Gasteiger partial charge in [0.25, 0.3) is 0 Å². The summed E-state index contributed by atoms with van der Waals surface area (Å²) in [6, 6.07) is 0.412. The Labute approximate surface area is 121 Å². The van der Waals surface area contributed by atoms with Crippen LogP contribution >= 0.6 is 0 Å². The average Bonchev–Trinajstić information content (AvgIpc) is 3.23. The summed E-state index contributed by atoms with van der Waals surface area (Å²) in [6.07, 6.45) is 6.98. The number of nitrogens with one attached hydrogen (secondary N) is 1. The van der Waals surface area contributed by atoms with Gasteiger partial charge >= 0.3 is 5.97 Å². The van der Waals surface area contributed by atoms with Crippen LogP contribution in [0.1, 0.15) is 51.9 Å². The van der Waals surface area contributed by atoms with Crippen LogP contribution < -0.4 is 5.32 Å². The molecule has 2 rings (SSSR count). The molecule has 0 radical (unpaired) electrons. The van der Waals surface area contributed by atoms with Crippen molar-refractivity contribution in [2.24, 2.45) is 0 Å². The van der Waals surface area contributed by atoms with E-state index in [9.17, 15) is 9.90 Å². The lowest BCUT2D eigenvalue weighted by Crippen LogP contribution is -2.50. The number of carbonyl (C=O) groups is 1. The average molecular weight is 285 g/mol. The number of rotatable bonds is 9. The van der Waals surface area contributed by atoms with E-state index in [1.54, 1.807) is 6.92 Å². The van der Waals surface area contributed by atoms with Crippen LogP contribution in [-0.4, -0.2) is 48.6 Å². The Balaban J connectivity index is 1.59. The molecule has 0 aromatic heterocycles. The summed E-state index contributed by atoms with van der Waals surface area (Å²) in [5.74, 6) is -0.741. The van der Waals surface area contributed by atoms with Gasteiger partial charge in [0.15, 0.2) is 0 Å². The summed E-state index contributed by atoms with van der Waals surface area (Å²) in [7, 11) is 0. The topological polar surface area (TPSA) is 67.8 Å². The van der Waals surface area contributed by atoms with Gasteiger partial charge in [-0.2, -0.15) is 0 Å². The smallest absolute Gasteiger partial charge is 0.323 e. The summed E-state index contributed by atoms with van der Waals surface area (Å²) in [5, 5.41) is 12.6. The standard InChI is InChI=1S/C15H27NO4/c1-15(14(17)18,16-12-4-5-12)8-2-3-9-20-13-6-10-19-11-7-13/h12-13,16H,2-11H2,1H3,(H,17,18). The van der Waals surface area contributed by atoms with Crippen LogP contribution in [0.3, 0.4) is 0 Å². The largest absolute Gasteiger partial charge is 0.480 e. The second-order valence-corrected chi connectivity index (χ2v) is 6.20. The third kappa shape index (κ3) is 5.04. The SMILES string of the molecule is CC(CCCCOC1CCOCC1)(NC1CC1)C(=O)O. The second kappa shape index (κ2) is 7.38. The monoisotopic (exact) mass is 285 g/mol. The third-order valence-corrected chi connectivity index (χ3v) is 4.17. The first-order chi connectivity index (χ1) is 9.60. The fraction of sp³-hybridized carbons (Fsp3) is 0.933. The Morgan fingerprint density at radius 1 is 1.30 bits per heavy atom. The Morgan fingerprint density at radius 2 is 2.00 bits per heavy atom. The molecule has 0 aromatic carbocycles. The van der Waals surface area contributed by atoms with Gasteiger partial charge in [-0.1, -0.05) is 0 Å². The normalized spacial score (nSPS) is 23.4. The molecule has 1 unspecified atom stereocenters. The van der Waals surface area contributed by atoms with E-state index in [0.717, 1.165) is 58.3 Å². The van der Waals surface area contributed by atoms with Crippen LogP contribution in [0.25, 0.3) is 0 Å². The molecule has 2 fully saturated rings. The number of carboxylic acids is 1. The van der Waals surface area contributed by atoms with Crippen molar-refractivity contribution in [3.63, 3.8) is 0 Å². The molecule has 0 spiro atoms. The number of aliphatic carboxylic acids is 1. The van der Waals surface area contributed by atoms with Gasteiger partial charge in [0.1, 0.15) is 5.54 Å². The van der Waals surface area contributed by atoms with Crippen LogP contribution in [0.2, 0.25) is 0 Å². The molecule has 1 saturated carbocycles.